The normalized spacial score (nSPS) is 14.4. The molecular weight excluding hydrogens is 238 g/mol. The number of amidine groups is 1. The molecule has 6 heteroatoms. The number of amides is 2. The third kappa shape index (κ3) is 4.38. The summed E-state index contributed by atoms with van der Waals surface area (Å²) in [5, 5.41) is 3.12. The molecule has 0 aromatic heterocycles. The molecule has 1 aliphatic heterocycles. The summed E-state index contributed by atoms with van der Waals surface area (Å²) in [7, 11) is 0. The van der Waals surface area contributed by atoms with Crippen molar-refractivity contribution in [3.8, 4) is 0 Å². The minimum Gasteiger partial charge on any atom is -0.334 e. The van der Waals surface area contributed by atoms with Gasteiger partial charge in [0.2, 0.25) is 0 Å². The second-order valence-electron chi connectivity index (χ2n) is 3.78. The summed E-state index contributed by atoms with van der Waals surface area (Å²) < 4.78 is 0. The molecule has 0 bridgehead atoms. The zero-order valence-corrected chi connectivity index (χ0v) is 11.2. The van der Waals surface area contributed by atoms with Crippen LogP contribution in [0.15, 0.2) is 4.99 Å². The van der Waals surface area contributed by atoms with Crippen LogP contribution < -0.4 is 5.32 Å². The molecule has 0 saturated heterocycles. The minimum atomic E-state index is -0.569. The number of thioether (sulfide) groups is 1. The summed E-state index contributed by atoms with van der Waals surface area (Å²) in [5.41, 5.74) is 0. The van der Waals surface area contributed by atoms with Gasteiger partial charge in [-0.05, 0) is 12.8 Å². The molecule has 0 aliphatic carbocycles. The molecule has 0 aromatic rings. The van der Waals surface area contributed by atoms with E-state index in [0.717, 1.165) is 18.6 Å². The van der Waals surface area contributed by atoms with Crippen LogP contribution in [0.3, 0.4) is 0 Å². The van der Waals surface area contributed by atoms with Gasteiger partial charge in [0.1, 0.15) is 0 Å². The van der Waals surface area contributed by atoms with Crippen LogP contribution in [0.2, 0.25) is 0 Å². The van der Waals surface area contributed by atoms with E-state index in [9.17, 15) is 9.59 Å². The van der Waals surface area contributed by atoms with E-state index in [1.54, 1.807) is 4.90 Å². The zero-order valence-electron chi connectivity index (χ0n) is 10.4. The Balaban J connectivity index is 2.50. The number of nitrogens with one attached hydrogen (secondary N) is 1. The van der Waals surface area contributed by atoms with Crippen molar-refractivity contribution in [3.05, 3.63) is 0 Å². The van der Waals surface area contributed by atoms with Crippen LogP contribution in [0, 0.1) is 0 Å². The van der Waals surface area contributed by atoms with Gasteiger partial charge in [-0.3, -0.25) is 19.9 Å². The van der Waals surface area contributed by atoms with Gasteiger partial charge in [0.15, 0.2) is 5.17 Å². The molecule has 0 radical (unpaired) electrons. The van der Waals surface area contributed by atoms with E-state index in [1.165, 1.54) is 11.8 Å². The average molecular weight is 257 g/mol. The predicted molar refractivity (Wildman–Crippen MR) is 70.1 cm³/mol. The first-order chi connectivity index (χ1) is 8.19. The van der Waals surface area contributed by atoms with Gasteiger partial charge < -0.3 is 4.90 Å². The number of aliphatic imine (C=N–C) groups is 1. The topological polar surface area (TPSA) is 61.8 Å². The summed E-state index contributed by atoms with van der Waals surface area (Å²) >= 11 is 1.47. The largest absolute Gasteiger partial charge is 0.334 e. The highest BCUT2D eigenvalue weighted by Crippen LogP contribution is 2.08. The third-order valence-corrected chi connectivity index (χ3v) is 3.17. The Bertz CT molecular complexity index is 312. The predicted octanol–water partition coefficient (Wildman–Crippen LogP) is 0.854. The number of hydrogen-bond acceptors (Lipinski definition) is 4. The average Bonchev–Trinajstić information content (AvgIpc) is 2.80. The van der Waals surface area contributed by atoms with Gasteiger partial charge in [-0.2, -0.15) is 0 Å². The highest BCUT2D eigenvalue weighted by atomic mass is 32.2. The molecule has 17 heavy (non-hydrogen) atoms. The molecule has 0 atom stereocenters. The maximum absolute atomic E-state index is 11.9. The Kier molecular flexibility index (Phi) is 6.04. The molecule has 96 valence electrons. The van der Waals surface area contributed by atoms with Gasteiger partial charge in [0.05, 0.1) is 6.54 Å². The molecule has 5 nitrogen and oxygen atoms in total. The first-order valence-corrected chi connectivity index (χ1v) is 6.95. The number of carbonyl (C=O) groups excluding carboxylic acids is 2. The molecule has 0 fully saturated rings. The molecule has 0 unspecified atom stereocenters. The van der Waals surface area contributed by atoms with Crippen molar-refractivity contribution in [3.63, 3.8) is 0 Å². The van der Waals surface area contributed by atoms with Crippen molar-refractivity contribution in [1.29, 1.82) is 0 Å². The number of hydrogen-bond donors (Lipinski definition) is 1. The summed E-state index contributed by atoms with van der Waals surface area (Å²) in [5.74, 6) is -0.152. The summed E-state index contributed by atoms with van der Waals surface area (Å²) in [6.07, 6.45) is 1.71. The first kappa shape index (κ1) is 14.0. The molecule has 1 rings (SSSR count). The van der Waals surface area contributed by atoms with E-state index < -0.39 is 11.8 Å². The molecule has 0 saturated carbocycles. The molecule has 1 aliphatic rings. The zero-order chi connectivity index (χ0) is 12.7. The standard InChI is InChI=1S/C11H19N3O2S/c1-3-6-14(7-4-2)10(16)9(15)13-11-12-5-8-17-11/h3-8H2,1-2H3,(H,12,13,15). The number of nitrogens with zero attached hydrogens (tertiary/aromatic N) is 2. The van der Waals surface area contributed by atoms with Gasteiger partial charge in [-0.15, -0.1) is 0 Å². The highest BCUT2D eigenvalue weighted by Gasteiger charge is 2.22. The Morgan fingerprint density at radius 3 is 2.47 bits per heavy atom. The summed E-state index contributed by atoms with van der Waals surface area (Å²) in [6.45, 7) is 5.94. The number of carbonyl (C=O) groups is 2. The Labute approximate surface area is 106 Å². The van der Waals surface area contributed by atoms with E-state index in [0.29, 0.717) is 24.8 Å². The number of rotatable bonds is 4. The Morgan fingerprint density at radius 1 is 1.35 bits per heavy atom. The second-order valence-corrected chi connectivity index (χ2v) is 4.87. The molecule has 2 amide bonds. The highest BCUT2D eigenvalue weighted by molar-refractivity contribution is 8.14. The molecule has 0 spiro atoms. The quantitative estimate of drug-likeness (QED) is 0.760. The van der Waals surface area contributed by atoms with Gasteiger partial charge >= 0.3 is 11.8 Å². The Hall–Kier alpha value is -1.04. The molecule has 0 aromatic carbocycles. The van der Waals surface area contributed by atoms with Crippen LogP contribution in [0.4, 0.5) is 0 Å². The summed E-state index contributed by atoms with van der Waals surface area (Å²) in [6, 6.07) is 0. The smallest absolute Gasteiger partial charge is 0.315 e. The maximum Gasteiger partial charge on any atom is 0.315 e. The Morgan fingerprint density at radius 2 is 2.00 bits per heavy atom. The van der Waals surface area contributed by atoms with Crippen LogP contribution >= 0.6 is 11.8 Å². The lowest BCUT2D eigenvalue weighted by atomic mass is 10.3. The van der Waals surface area contributed by atoms with Crippen molar-refractivity contribution in [2.45, 2.75) is 26.7 Å². The molecule has 1 N–H and O–H groups in total. The fraction of sp³-hybridized carbons (Fsp3) is 0.727. The molecule has 1 heterocycles. The van der Waals surface area contributed by atoms with Crippen molar-refractivity contribution in [2.24, 2.45) is 4.99 Å². The van der Waals surface area contributed by atoms with E-state index in [4.69, 9.17) is 0 Å². The van der Waals surface area contributed by atoms with E-state index in [2.05, 4.69) is 10.3 Å². The van der Waals surface area contributed by atoms with Crippen molar-refractivity contribution < 1.29 is 9.59 Å². The van der Waals surface area contributed by atoms with Crippen molar-refractivity contribution >= 4 is 28.7 Å². The monoisotopic (exact) mass is 257 g/mol. The third-order valence-electron chi connectivity index (χ3n) is 2.27. The van der Waals surface area contributed by atoms with Crippen molar-refractivity contribution in [1.82, 2.24) is 10.2 Å². The second kappa shape index (κ2) is 7.32. The van der Waals surface area contributed by atoms with E-state index in [1.807, 2.05) is 13.8 Å². The van der Waals surface area contributed by atoms with Gasteiger partial charge in [-0.25, -0.2) is 0 Å². The maximum atomic E-state index is 11.9. The fourth-order valence-electron chi connectivity index (χ4n) is 1.56. The van der Waals surface area contributed by atoms with Crippen LogP contribution in [0.1, 0.15) is 26.7 Å². The first-order valence-electron chi connectivity index (χ1n) is 5.96. The van der Waals surface area contributed by atoms with Gasteiger partial charge in [0.25, 0.3) is 0 Å². The minimum absolute atomic E-state index is 0.455. The SMILES string of the molecule is CCCN(CCC)C(=O)C(=O)NC1=NCCS1. The van der Waals surface area contributed by atoms with Crippen LogP contribution in [0.5, 0.6) is 0 Å². The van der Waals surface area contributed by atoms with Gasteiger partial charge in [-0.1, -0.05) is 25.6 Å². The lowest BCUT2D eigenvalue weighted by molar-refractivity contribution is -0.145. The van der Waals surface area contributed by atoms with Crippen LogP contribution in [-0.2, 0) is 9.59 Å². The lowest BCUT2D eigenvalue weighted by Gasteiger charge is -2.20. The van der Waals surface area contributed by atoms with E-state index >= 15 is 0 Å². The van der Waals surface area contributed by atoms with Crippen LogP contribution in [-0.4, -0.2) is 47.3 Å². The summed E-state index contributed by atoms with van der Waals surface area (Å²) in [4.78, 5) is 29.2. The van der Waals surface area contributed by atoms with E-state index in [-0.39, 0.29) is 0 Å². The van der Waals surface area contributed by atoms with Crippen LogP contribution in [0.25, 0.3) is 0 Å². The molecular formula is C11H19N3O2S. The fourth-order valence-corrected chi connectivity index (χ4v) is 2.28. The van der Waals surface area contributed by atoms with Gasteiger partial charge in [0, 0.05) is 18.8 Å². The van der Waals surface area contributed by atoms with Crippen molar-refractivity contribution in [2.75, 3.05) is 25.4 Å². The lowest BCUT2D eigenvalue weighted by Crippen LogP contribution is -2.44.